The van der Waals surface area contributed by atoms with Crippen LogP contribution in [-0.4, -0.2) is 25.3 Å². The van der Waals surface area contributed by atoms with Crippen molar-refractivity contribution < 1.29 is 9.84 Å². The number of benzene rings is 2. The molecule has 0 aliphatic heterocycles. The Morgan fingerprint density at radius 1 is 1.10 bits per heavy atom. The van der Waals surface area contributed by atoms with Gasteiger partial charge in [-0.3, -0.25) is 0 Å². The molecule has 110 valence electrons. The Morgan fingerprint density at radius 2 is 1.67 bits per heavy atom. The second-order valence-corrected chi connectivity index (χ2v) is 4.81. The smallest absolute Gasteiger partial charge is 0.118 e. The van der Waals surface area contributed by atoms with E-state index in [1.807, 2.05) is 48.5 Å². The first-order chi connectivity index (χ1) is 10.2. The molecule has 0 heterocycles. The molecule has 0 fully saturated rings. The second-order valence-electron chi connectivity index (χ2n) is 4.81. The SMILES string of the molecule is C=CCNCC(O)c1ccc(-c2ccc(OC)cc2)cc1. The fraction of sp³-hybridized carbons (Fsp3) is 0.222. The third kappa shape index (κ3) is 4.18. The van der Waals surface area contributed by atoms with E-state index >= 15 is 0 Å². The van der Waals surface area contributed by atoms with Crippen LogP contribution in [0.2, 0.25) is 0 Å². The number of rotatable bonds is 7. The van der Waals surface area contributed by atoms with E-state index in [0.29, 0.717) is 13.1 Å². The maximum absolute atomic E-state index is 10.1. The van der Waals surface area contributed by atoms with Crippen LogP contribution >= 0.6 is 0 Å². The van der Waals surface area contributed by atoms with Crippen LogP contribution in [0.3, 0.4) is 0 Å². The molecule has 0 spiro atoms. The van der Waals surface area contributed by atoms with Crippen molar-refractivity contribution in [3.8, 4) is 16.9 Å². The molecule has 0 radical (unpaired) electrons. The van der Waals surface area contributed by atoms with Crippen LogP contribution in [0.1, 0.15) is 11.7 Å². The van der Waals surface area contributed by atoms with Crippen LogP contribution in [-0.2, 0) is 0 Å². The van der Waals surface area contributed by atoms with Crippen molar-refractivity contribution in [1.82, 2.24) is 5.32 Å². The minimum absolute atomic E-state index is 0.505. The Bertz CT molecular complexity index is 561. The number of nitrogens with one attached hydrogen (secondary N) is 1. The van der Waals surface area contributed by atoms with Crippen LogP contribution in [0, 0.1) is 0 Å². The fourth-order valence-corrected chi connectivity index (χ4v) is 2.12. The normalized spacial score (nSPS) is 11.9. The van der Waals surface area contributed by atoms with E-state index in [4.69, 9.17) is 4.74 Å². The predicted molar refractivity (Wildman–Crippen MR) is 86.5 cm³/mol. The van der Waals surface area contributed by atoms with E-state index in [1.54, 1.807) is 13.2 Å². The van der Waals surface area contributed by atoms with E-state index in [0.717, 1.165) is 22.4 Å². The lowest BCUT2D eigenvalue weighted by Crippen LogP contribution is -2.21. The lowest BCUT2D eigenvalue weighted by atomic mass is 10.0. The van der Waals surface area contributed by atoms with Gasteiger partial charge in [0.2, 0.25) is 0 Å². The summed E-state index contributed by atoms with van der Waals surface area (Å²) < 4.78 is 5.16. The molecule has 2 N–H and O–H groups in total. The Labute approximate surface area is 125 Å². The van der Waals surface area contributed by atoms with E-state index in [2.05, 4.69) is 11.9 Å². The van der Waals surface area contributed by atoms with Crippen molar-refractivity contribution in [2.24, 2.45) is 0 Å². The van der Waals surface area contributed by atoms with Crippen LogP contribution in [0.5, 0.6) is 5.75 Å². The van der Waals surface area contributed by atoms with Gasteiger partial charge in [0, 0.05) is 13.1 Å². The van der Waals surface area contributed by atoms with Crippen molar-refractivity contribution >= 4 is 0 Å². The van der Waals surface area contributed by atoms with Gasteiger partial charge in [-0.05, 0) is 28.8 Å². The van der Waals surface area contributed by atoms with Gasteiger partial charge >= 0.3 is 0 Å². The largest absolute Gasteiger partial charge is 0.497 e. The molecule has 3 nitrogen and oxygen atoms in total. The Hall–Kier alpha value is -2.10. The molecular formula is C18H21NO2. The minimum atomic E-state index is -0.505. The van der Waals surface area contributed by atoms with E-state index in [1.165, 1.54) is 0 Å². The minimum Gasteiger partial charge on any atom is -0.497 e. The van der Waals surface area contributed by atoms with Gasteiger partial charge in [0.05, 0.1) is 13.2 Å². The van der Waals surface area contributed by atoms with Gasteiger partial charge in [0.15, 0.2) is 0 Å². The van der Waals surface area contributed by atoms with E-state index in [-0.39, 0.29) is 0 Å². The molecule has 2 rings (SSSR count). The molecule has 0 aromatic heterocycles. The molecule has 0 aliphatic rings. The van der Waals surface area contributed by atoms with Gasteiger partial charge in [0.1, 0.15) is 5.75 Å². The fourth-order valence-electron chi connectivity index (χ4n) is 2.12. The quantitative estimate of drug-likeness (QED) is 0.606. The zero-order valence-electron chi connectivity index (χ0n) is 12.3. The summed E-state index contributed by atoms with van der Waals surface area (Å²) >= 11 is 0. The van der Waals surface area contributed by atoms with Gasteiger partial charge in [-0.2, -0.15) is 0 Å². The zero-order chi connectivity index (χ0) is 15.1. The summed E-state index contributed by atoms with van der Waals surface area (Å²) in [6.45, 7) is 4.85. The molecule has 2 aromatic carbocycles. The number of hydrogen-bond acceptors (Lipinski definition) is 3. The summed E-state index contributed by atoms with van der Waals surface area (Å²) in [6, 6.07) is 15.9. The maximum atomic E-state index is 10.1. The number of hydrogen-bond donors (Lipinski definition) is 2. The monoisotopic (exact) mass is 283 g/mol. The number of aliphatic hydroxyl groups is 1. The van der Waals surface area contributed by atoms with Crippen LogP contribution < -0.4 is 10.1 Å². The van der Waals surface area contributed by atoms with Crippen molar-refractivity contribution in [2.45, 2.75) is 6.10 Å². The van der Waals surface area contributed by atoms with Crippen molar-refractivity contribution in [1.29, 1.82) is 0 Å². The van der Waals surface area contributed by atoms with Crippen molar-refractivity contribution in [3.05, 3.63) is 66.7 Å². The third-order valence-corrected chi connectivity index (χ3v) is 3.35. The zero-order valence-corrected chi connectivity index (χ0v) is 12.3. The lowest BCUT2D eigenvalue weighted by molar-refractivity contribution is 0.176. The Morgan fingerprint density at radius 3 is 2.19 bits per heavy atom. The molecule has 0 saturated heterocycles. The van der Waals surface area contributed by atoms with Crippen molar-refractivity contribution in [3.63, 3.8) is 0 Å². The molecule has 0 saturated carbocycles. The summed E-state index contributed by atoms with van der Waals surface area (Å²) in [5, 5.41) is 13.2. The highest BCUT2D eigenvalue weighted by molar-refractivity contribution is 5.64. The highest BCUT2D eigenvalue weighted by atomic mass is 16.5. The molecule has 3 heteroatoms. The van der Waals surface area contributed by atoms with E-state index < -0.39 is 6.10 Å². The average Bonchev–Trinajstić information content (AvgIpc) is 2.55. The number of aliphatic hydroxyl groups excluding tert-OH is 1. The summed E-state index contributed by atoms with van der Waals surface area (Å²) in [7, 11) is 1.66. The summed E-state index contributed by atoms with van der Waals surface area (Å²) in [6.07, 6.45) is 1.27. The third-order valence-electron chi connectivity index (χ3n) is 3.35. The standard InChI is InChI=1S/C18H21NO2/c1-3-12-19-13-18(20)16-6-4-14(5-7-16)15-8-10-17(21-2)11-9-15/h3-11,18-20H,1,12-13H2,2H3. The first-order valence-electron chi connectivity index (χ1n) is 6.98. The van der Waals surface area contributed by atoms with Gasteiger partial charge in [-0.1, -0.05) is 42.5 Å². The highest BCUT2D eigenvalue weighted by Gasteiger charge is 2.07. The molecule has 21 heavy (non-hydrogen) atoms. The molecule has 0 amide bonds. The van der Waals surface area contributed by atoms with Gasteiger partial charge in [0.25, 0.3) is 0 Å². The topological polar surface area (TPSA) is 41.5 Å². The average molecular weight is 283 g/mol. The molecule has 1 unspecified atom stereocenters. The molecule has 0 bridgehead atoms. The second kappa shape index (κ2) is 7.62. The predicted octanol–water partition coefficient (Wildman–Crippen LogP) is 3.17. The van der Waals surface area contributed by atoms with Crippen LogP contribution in [0.25, 0.3) is 11.1 Å². The summed E-state index contributed by atoms with van der Waals surface area (Å²) in [5.41, 5.74) is 3.15. The Balaban J connectivity index is 2.05. The van der Waals surface area contributed by atoms with Crippen molar-refractivity contribution in [2.75, 3.05) is 20.2 Å². The lowest BCUT2D eigenvalue weighted by Gasteiger charge is -2.12. The Kier molecular flexibility index (Phi) is 5.55. The first kappa shape index (κ1) is 15.3. The van der Waals surface area contributed by atoms with E-state index in [9.17, 15) is 5.11 Å². The van der Waals surface area contributed by atoms with Gasteiger partial charge in [-0.15, -0.1) is 6.58 Å². The van der Waals surface area contributed by atoms with Crippen LogP contribution in [0.4, 0.5) is 0 Å². The molecule has 0 aliphatic carbocycles. The molecule has 2 aromatic rings. The number of ether oxygens (including phenoxy) is 1. The maximum Gasteiger partial charge on any atom is 0.118 e. The highest BCUT2D eigenvalue weighted by Crippen LogP contribution is 2.24. The van der Waals surface area contributed by atoms with Crippen LogP contribution in [0.15, 0.2) is 61.2 Å². The molecular weight excluding hydrogens is 262 g/mol. The summed E-state index contributed by atoms with van der Waals surface area (Å²) in [5.74, 6) is 0.846. The van der Waals surface area contributed by atoms with Gasteiger partial charge in [-0.25, -0.2) is 0 Å². The first-order valence-corrected chi connectivity index (χ1v) is 6.98. The summed E-state index contributed by atoms with van der Waals surface area (Å²) in [4.78, 5) is 0. The van der Waals surface area contributed by atoms with Gasteiger partial charge < -0.3 is 15.2 Å². The number of methoxy groups -OCH3 is 1. The molecule has 1 atom stereocenters.